The van der Waals surface area contributed by atoms with E-state index in [1.807, 2.05) is 61.5 Å². The van der Waals surface area contributed by atoms with Gasteiger partial charge in [0.2, 0.25) is 0 Å². The van der Waals surface area contributed by atoms with Gasteiger partial charge in [-0.25, -0.2) is 0 Å². The minimum atomic E-state index is -0.909. The maximum Gasteiger partial charge on any atom is 0.271 e. The zero-order valence-corrected chi connectivity index (χ0v) is 13.7. The Hall–Kier alpha value is -2.88. The lowest BCUT2D eigenvalue weighted by atomic mass is 9.88. The lowest BCUT2D eigenvalue weighted by molar-refractivity contribution is 0.0389. The largest absolute Gasteiger partial charge is 0.326 e. The second kappa shape index (κ2) is 5.06. The Morgan fingerprint density at radius 3 is 2.38 bits per heavy atom. The van der Waals surface area contributed by atoms with Crippen LogP contribution in [-0.4, -0.2) is 33.9 Å². The Bertz CT molecular complexity index is 958. The number of amides is 1. The van der Waals surface area contributed by atoms with Crippen molar-refractivity contribution in [3.05, 3.63) is 71.9 Å². The molecule has 4 nitrogen and oxygen atoms in total. The van der Waals surface area contributed by atoms with Crippen molar-refractivity contribution in [2.24, 2.45) is 0 Å². The molecule has 0 spiro atoms. The first kappa shape index (κ1) is 14.7. The number of rotatable bonds is 2. The molecule has 0 saturated heterocycles. The molecule has 120 valence electrons. The quantitative estimate of drug-likeness (QED) is 0.727. The van der Waals surface area contributed by atoms with E-state index < -0.39 is 5.54 Å². The van der Waals surface area contributed by atoms with Gasteiger partial charge < -0.3 is 4.90 Å². The summed E-state index contributed by atoms with van der Waals surface area (Å²) in [5.41, 5.74) is 1.35. The zero-order valence-electron chi connectivity index (χ0n) is 13.7. The smallest absolute Gasteiger partial charge is 0.271 e. The Morgan fingerprint density at radius 1 is 0.958 bits per heavy atom. The van der Waals surface area contributed by atoms with Gasteiger partial charge in [-0.15, -0.1) is 0 Å². The van der Waals surface area contributed by atoms with E-state index in [9.17, 15) is 9.59 Å². The second-order valence-corrected chi connectivity index (χ2v) is 6.53. The van der Waals surface area contributed by atoms with Gasteiger partial charge in [0.05, 0.1) is 5.52 Å². The number of hydrogen-bond acceptors (Lipinski definition) is 2. The summed E-state index contributed by atoms with van der Waals surface area (Å²) in [5.74, 6) is -0.186. The molecule has 2 heterocycles. The molecule has 4 heteroatoms. The fraction of sp³-hybridized carbons (Fsp3) is 0.200. The molecule has 0 aliphatic carbocycles. The summed E-state index contributed by atoms with van der Waals surface area (Å²) >= 11 is 0. The zero-order chi connectivity index (χ0) is 16.9. The predicted molar refractivity (Wildman–Crippen MR) is 93.2 cm³/mol. The normalized spacial score (nSPS) is 20.5. The highest BCUT2D eigenvalue weighted by Crippen LogP contribution is 2.33. The summed E-state index contributed by atoms with van der Waals surface area (Å²) in [6, 6.07) is 19.2. The molecule has 2 aromatic carbocycles. The van der Waals surface area contributed by atoms with Crippen LogP contribution in [0.1, 0.15) is 27.8 Å². The Morgan fingerprint density at radius 2 is 1.62 bits per heavy atom. The number of para-hydroxylation sites is 1. The molecule has 0 saturated carbocycles. The number of carbonyl (C=O) groups excluding carboxylic acids is 2. The van der Waals surface area contributed by atoms with Crippen molar-refractivity contribution in [1.82, 2.24) is 9.47 Å². The van der Waals surface area contributed by atoms with Crippen molar-refractivity contribution in [3.8, 4) is 0 Å². The molecule has 1 atom stereocenters. The van der Waals surface area contributed by atoms with Crippen molar-refractivity contribution in [3.63, 3.8) is 0 Å². The SMILES string of the molecule is CN1C(=O)c2cc3ccccc3n2C(=O)C1(C)Cc1ccccc1. The molecule has 3 aromatic rings. The maximum absolute atomic E-state index is 13.3. The van der Waals surface area contributed by atoms with Gasteiger partial charge in [0, 0.05) is 18.9 Å². The van der Waals surface area contributed by atoms with Crippen LogP contribution in [0.3, 0.4) is 0 Å². The summed E-state index contributed by atoms with van der Waals surface area (Å²) in [5, 5.41) is 0.909. The number of likely N-dealkylation sites (N-methyl/N-ethyl adjacent to an activating group) is 1. The standard InChI is InChI=1S/C20H18N2O2/c1-20(13-14-8-4-3-5-9-14)19(24)22-16-11-7-6-10-15(16)12-17(22)18(23)21(20)2/h3-12H,13H2,1-2H3. The van der Waals surface area contributed by atoms with Crippen LogP contribution in [-0.2, 0) is 6.42 Å². The highest BCUT2D eigenvalue weighted by atomic mass is 16.2. The number of fused-ring (bicyclic) bond motifs is 3. The van der Waals surface area contributed by atoms with Crippen LogP contribution in [0.15, 0.2) is 60.7 Å². The van der Waals surface area contributed by atoms with Crippen LogP contribution in [0, 0.1) is 0 Å². The number of aromatic nitrogens is 1. The highest BCUT2D eigenvalue weighted by molar-refractivity contribution is 6.11. The molecule has 0 radical (unpaired) electrons. The summed E-state index contributed by atoms with van der Waals surface area (Å²) < 4.78 is 1.58. The van der Waals surface area contributed by atoms with E-state index in [4.69, 9.17) is 0 Å². The molecule has 0 fully saturated rings. The van der Waals surface area contributed by atoms with Gasteiger partial charge >= 0.3 is 0 Å². The third-order valence-corrected chi connectivity index (χ3v) is 5.03. The molecule has 1 aliphatic heterocycles. The van der Waals surface area contributed by atoms with E-state index in [0.717, 1.165) is 16.5 Å². The van der Waals surface area contributed by atoms with Crippen LogP contribution in [0.25, 0.3) is 10.9 Å². The first-order chi connectivity index (χ1) is 11.5. The van der Waals surface area contributed by atoms with E-state index >= 15 is 0 Å². The fourth-order valence-corrected chi connectivity index (χ4v) is 3.50. The summed E-state index contributed by atoms with van der Waals surface area (Å²) in [7, 11) is 1.71. The molecule has 1 amide bonds. The third kappa shape index (κ3) is 1.92. The van der Waals surface area contributed by atoms with Crippen molar-refractivity contribution in [1.29, 1.82) is 0 Å². The van der Waals surface area contributed by atoms with Crippen LogP contribution in [0.5, 0.6) is 0 Å². The average Bonchev–Trinajstić information content (AvgIpc) is 2.99. The molecular formula is C20H18N2O2. The van der Waals surface area contributed by atoms with E-state index in [2.05, 4.69) is 0 Å². The van der Waals surface area contributed by atoms with Gasteiger partial charge in [-0.05, 0) is 24.6 Å². The first-order valence-electron chi connectivity index (χ1n) is 8.00. The molecule has 1 unspecified atom stereocenters. The highest BCUT2D eigenvalue weighted by Gasteiger charge is 2.47. The Balaban J connectivity index is 1.89. The number of nitrogens with zero attached hydrogens (tertiary/aromatic N) is 2. The number of benzene rings is 2. The Labute approximate surface area is 140 Å². The van der Waals surface area contributed by atoms with Crippen LogP contribution < -0.4 is 0 Å². The monoisotopic (exact) mass is 318 g/mol. The van der Waals surface area contributed by atoms with Gasteiger partial charge in [0.25, 0.3) is 11.8 Å². The predicted octanol–water partition coefficient (Wildman–Crippen LogP) is 3.37. The van der Waals surface area contributed by atoms with Gasteiger partial charge in [0.15, 0.2) is 0 Å². The van der Waals surface area contributed by atoms with Crippen LogP contribution in [0.4, 0.5) is 0 Å². The molecule has 0 bridgehead atoms. The van der Waals surface area contributed by atoms with Gasteiger partial charge in [-0.1, -0.05) is 48.5 Å². The van der Waals surface area contributed by atoms with Crippen molar-refractivity contribution in [2.75, 3.05) is 7.05 Å². The summed E-state index contributed by atoms with van der Waals surface area (Å²) in [6.07, 6.45) is 0.487. The van der Waals surface area contributed by atoms with Gasteiger partial charge in [0.1, 0.15) is 11.2 Å². The molecule has 0 N–H and O–H groups in total. The van der Waals surface area contributed by atoms with Gasteiger partial charge in [-0.2, -0.15) is 0 Å². The van der Waals surface area contributed by atoms with Crippen molar-refractivity contribution in [2.45, 2.75) is 18.9 Å². The maximum atomic E-state index is 13.3. The molecule has 4 rings (SSSR count). The second-order valence-electron chi connectivity index (χ2n) is 6.53. The van der Waals surface area contributed by atoms with E-state index in [-0.39, 0.29) is 11.8 Å². The van der Waals surface area contributed by atoms with Crippen LogP contribution >= 0.6 is 0 Å². The van der Waals surface area contributed by atoms with Gasteiger partial charge in [-0.3, -0.25) is 14.2 Å². The minimum absolute atomic E-state index is 0.0651. The average molecular weight is 318 g/mol. The Kier molecular flexibility index (Phi) is 3.10. The third-order valence-electron chi connectivity index (χ3n) is 5.03. The molecule has 24 heavy (non-hydrogen) atoms. The van der Waals surface area contributed by atoms with Crippen LogP contribution in [0.2, 0.25) is 0 Å². The van der Waals surface area contributed by atoms with E-state index in [1.54, 1.807) is 22.6 Å². The lowest BCUT2D eigenvalue weighted by Gasteiger charge is -2.41. The van der Waals surface area contributed by atoms with Crippen molar-refractivity contribution >= 4 is 22.7 Å². The topological polar surface area (TPSA) is 42.3 Å². The van der Waals surface area contributed by atoms with E-state index in [1.165, 1.54) is 0 Å². The van der Waals surface area contributed by atoms with E-state index in [0.29, 0.717) is 12.1 Å². The minimum Gasteiger partial charge on any atom is -0.326 e. The molecule has 1 aromatic heterocycles. The fourth-order valence-electron chi connectivity index (χ4n) is 3.50. The number of hydrogen-bond donors (Lipinski definition) is 0. The van der Waals surface area contributed by atoms with Crippen molar-refractivity contribution < 1.29 is 9.59 Å². The molecule has 1 aliphatic rings. The first-order valence-corrected chi connectivity index (χ1v) is 8.00. The number of carbonyl (C=O) groups is 2. The lowest BCUT2D eigenvalue weighted by Crippen LogP contribution is -2.60. The molecular weight excluding hydrogens is 300 g/mol. The summed E-state index contributed by atoms with van der Waals surface area (Å²) in [6.45, 7) is 1.85. The summed E-state index contributed by atoms with van der Waals surface area (Å²) in [4.78, 5) is 27.8.